The number of hydrogen-bond donors (Lipinski definition) is 1. The predicted octanol–water partition coefficient (Wildman–Crippen LogP) is 6.63. The average molecular weight is 599 g/mol. The minimum Gasteiger partial charge on any atom is -0.377 e. The molecular weight excluding hydrogens is 561 g/mol. The fraction of sp³-hybridized carbons (Fsp3) is 0.516. The van der Waals surface area contributed by atoms with Crippen molar-refractivity contribution in [3.05, 3.63) is 58.9 Å². The molecule has 0 bridgehead atoms. The summed E-state index contributed by atoms with van der Waals surface area (Å²) in [7, 11) is 2.12. The first-order valence-electron chi connectivity index (χ1n) is 14.6. The maximum Gasteiger partial charge on any atom is 0.419 e. The van der Waals surface area contributed by atoms with Crippen LogP contribution in [-0.4, -0.2) is 59.6 Å². The molecule has 6 rings (SSSR count). The Morgan fingerprint density at radius 2 is 1.90 bits per heavy atom. The molecule has 0 radical (unpaired) electrons. The molecule has 7 nitrogen and oxygen atoms in total. The number of nitrogens with zero attached hydrogens (tertiary/aromatic N) is 5. The number of alkyl halides is 3. The highest BCUT2D eigenvalue weighted by Crippen LogP contribution is 2.42. The van der Waals surface area contributed by atoms with Crippen LogP contribution in [0.4, 0.5) is 36.2 Å². The third-order valence-corrected chi connectivity index (χ3v) is 10.1. The lowest BCUT2D eigenvalue weighted by Crippen LogP contribution is -2.34. The van der Waals surface area contributed by atoms with E-state index in [4.69, 9.17) is 14.7 Å². The first-order chi connectivity index (χ1) is 20.0. The van der Waals surface area contributed by atoms with E-state index in [0.29, 0.717) is 43.5 Å². The Balaban J connectivity index is 1.34. The van der Waals surface area contributed by atoms with E-state index in [1.54, 1.807) is 16.7 Å². The molecule has 1 aromatic carbocycles. The zero-order valence-electron chi connectivity index (χ0n) is 24.5. The van der Waals surface area contributed by atoms with E-state index in [1.165, 1.54) is 23.5 Å². The van der Waals surface area contributed by atoms with E-state index >= 15 is 0 Å². The predicted molar refractivity (Wildman–Crippen MR) is 161 cm³/mol. The number of fused-ring (bicyclic) bond motifs is 2. The van der Waals surface area contributed by atoms with Crippen LogP contribution in [0, 0.1) is 0 Å². The lowest BCUT2D eigenvalue weighted by Gasteiger charge is -2.38. The SMILES string of the molecule is CC1OCCC1Sc1nc2c(c(Nc3ccc4c(c3)N(C)CCC4(C)C)n1)CCN(c1ncccc1C(F)(F)F)CC2. The summed E-state index contributed by atoms with van der Waals surface area (Å²) in [4.78, 5) is 18.1. The van der Waals surface area contributed by atoms with Gasteiger partial charge in [-0.1, -0.05) is 31.7 Å². The number of nitrogens with one attached hydrogen (secondary N) is 1. The number of halogens is 3. The number of benzene rings is 1. The minimum absolute atomic E-state index is 0.0351. The molecule has 3 aliphatic heterocycles. The first kappa shape index (κ1) is 29.0. The van der Waals surface area contributed by atoms with Crippen LogP contribution in [0.2, 0.25) is 0 Å². The second-order valence-corrected chi connectivity index (χ2v) is 13.3. The van der Waals surface area contributed by atoms with E-state index in [2.05, 4.69) is 61.2 Å². The van der Waals surface area contributed by atoms with Crippen molar-refractivity contribution in [2.24, 2.45) is 0 Å². The summed E-state index contributed by atoms with van der Waals surface area (Å²) >= 11 is 1.62. The quantitative estimate of drug-likeness (QED) is 0.329. The van der Waals surface area contributed by atoms with Crippen molar-refractivity contribution in [1.29, 1.82) is 0 Å². The largest absolute Gasteiger partial charge is 0.419 e. The van der Waals surface area contributed by atoms with E-state index in [9.17, 15) is 13.2 Å². The van der Waals surface area contributed by atoms with Crippen LogP contribution in [0.25, 0.3) is 0 Å². The highest BCUT2D eigenvalue weighted by molar-refractivity contribution is 7.99. The van der Waals surface area contributed by atoms with Crippen molar-refractivity contribution in [2.45, 2.75) is 74.6 Å². The zero-order chi connectivity index (χ0) is 29.6. The summed E-state index contributed by atoms with van der Waals surface area (Å²) in [6, 6.07) is 8.90. The molecule has 2 unspecified atom stereocenters. The Bertz CT molecular complexity index is 1470. The highest BCUT2D eigenvalue weighted by Gasteiger charge is 2.36. The number of ether oxygens (including phenoxy) is 1. The van der Waals surface area contributed by atoms with Gasteiger partial charge >= 0.3 is 6.18 Å². The van der Waals surface area contributed by atoms with Crippen molar-refractivity contribution in [3.63, 3.8) is 0 Å². The van der Waals surface area contributed by atoms with Crippen molar-refractivity contribution in [2.75, 3.05) is 48.4 Å². The van der Waals surface area contributed by atoms with E-state index in [-0.39, 0.29) is 22.6 Å². The molecule has 2 aromatic heterocycles. The Kier molecular flexibility index (Phi) is 7.76. The average Bonchev–Trinajstić information content (AvgIpc) is 3.22. The van der Waals surface area contributed by atoms with Gasteiger partial charge in [-0.05, 0) is 61.4 Å². The molecule has 0 spiro atoms. The number of aromatic nitrogens is 3. The number of hydrogen-bond acceptors (Lipinski definition) is 8. The van der Waals surface area contributed by atoms with Crippen molar-refractivity contribution in [3.8, 4) is 0 Å². The Morgan fingerprint density at radius 1 is 1.10 bits per heavy atom. The minimum atomic E-state index is -4.48. The smallest absolute Gasteiger partial charge is 0.377 e. The standard InChI is InChI=1S/C31H37F3N6OS/c1-19-26(11-17-41-19)42-29-37-24-10-15-40(28-23(31(32,33)34)6-5-13-35-28)14-9-21(24)27(38-29)36-20-7-8-22-25(18-20)39(4)16-12-30(22,2)3/h5-8,13,18-19,26H,9-12,14-17H2,1-4H3,(H,36,37,38). The molecule has 1 fully saturated rings. The molecule has 0 amide bonds. The van der Waals surface area contributed by atoms with Crippen LogP contribution in [0.5, 0.6) is 0 Å². The molecule has 11 heteroatoms. The molecule has 224 valence electrons. The molecule has 2 atom stereocenters. The van der Waals surface area contributed by atoms with Crippen LogP contribution in [-0.2, 0) is 29.2 Å². The monoisotopic (exact) mass is 598 g/mol. The van der Waals surface area contributed by atoms with Crippen LogP contribution in [0.1, 0.15) is 56.0 Å². The molecule has 3 aromatic rings. The van der Waals surface area contributed by atoms with E-state index < -0.39 is 11.7 Å². The van der Waals surface area contributed by atoms with Crippen molar-refractivity contribution < 1.29 is 17.9 Å². The maximum atomic E-state index is 13.8. The van der Waals surface area contributed by atoms with Gasteiger partial charge in [0.05, 0.1) is 17.4 Å². The van der Waals surface area contributed by atoms with Gasteiger partial charge in [0.1, 0.15) is 11.6 Å². The lowest BCUT2D eigenvalue weighted by atomic mass is 9.78. The first-order valence-corrected chi connectivity index (χ1v) is 15.5. The molecule has 5 heterocycles. The van der Waals surface area contributed by atoms with Gasteiger partial charge in [-0.15, -0.1) is 0 Å². The molecule has 1 saturated heterocycles. The van der Waals surface area contributed by atoms with Gasteiger partial charge in [0.15, 0.2) is 5.16 Å². The molecule has 3 aliphatic rings. The van der Waals surface area contributed by atoms with Crippen molar-refractivity contribution >= 4 is 34.8 Å². The van der Waals surface area contributed by atoms with Gasteiger partial charge in [0.25, 0.3) is 0 Å². The Hall–Kier alpha value is -3.05. The van der Waals surface area contributed by atoms with Gasteiger partial charge in [-0.25, -0.2) is 15.0 Å². The molecule has 1 N–H and O–H groups in total. The fourth-order valence-corrected chi connectivity index (χ4v) is 7.22. The lowest BCUT2D eigenvalue weighted by molar-refractivity contribution is -0.137. The maximum absolute atomic E-state index is 13.8. The van der Waals surface area contributed by atoms with Crippen LogP contribution in [0.3, 0.4) is 0 Å². The molecule has 0 saturated carbocycles. The molecular formula is C31H37F3N6OS. The molecule has 42 heavy (non-hydrogen) atoms. The summed E-state index contributed by atoms with van der Waals surface area (Å²) in [5.41, 5.74) is 4.63. The second kappa shape index (κ2) is 11.2. The number of thioether (sulfide) groups is 1. The number of pyridine rings is 1. The van der Waals surface area contributed by atoms with Crippen LogP contribution in [0.15, 0.2) is 41.7 Å². The topological polar surface area (TPSA) is 66.4 Å². The Labute approximate surface area is 249 Å². The number of rotatable bonds is 5. The van der Waals surface area contributed by atoms with Gasteiger partial charge in [-0.2, -0.15) is 13.2 Å². The van der Waals surface area contributed by atoms with Gasteiger partial charge in [-0.3, -0.25) is 0 Å². The fourth-order valence-electron chi connectivity index (χ4n) is 6.15. The number of anilines is 4. The van der Waals surface area contributed by atoms with Gasteiger partial charge in [0, 0.05) is 68.1 Å². The highest BCUT2D eigenvalue weighted by atomic mass is 32.2. The molecule has 0 aliphatic carbocycles. The summed E-state index contributed by atoms with van der Waals surface area (Å²) in [5.74, 6) is 0.679. The zero-order valence-corrected chi connectivity index (χ0v) is 25.3. The van der Waals surface area contributed by atoms with E-state index in [1.807, 2.05) is 0 Å². The summed E-state index contributed by atoms with van der Waals surface area (Å²) in [6.07, 6.45) is 0.0546. The normalized spacial score (nSPS) is 22.0. The summed E-state index contributed by atoms with van der Waals surface area (Å²) in [5, 5.41) is 4.50. The third kappa shape index (κ3) is 5.77. The summed E-state index contributed by atoms with van der Waals surface area (Å²) < 4.78 is 47.3. The van der Waals surface area contributed by atoms with Crippen molar-refractivity contribution in [1.82, 2.24) is 15.0 Å². The Morgan fingerprint density at radius 3 is 2.67 bits per heavy atom. The second-order valence-electron chi connectivity index (χ2n) is 12.1. The van der Waals surface area contributed by atoms with Gasteiger partial charge < -0.3 is 19.9 Å². The van der Waals surface area contributed by atoms with Crippen LogP contribution < -0.4 is 15.1 Å². The van der Waals surface area contributed by atoms with Crippen LogP contribution >= 0.6 is 11.8 Å². The summed E-state index contributed by atoms with van der Waals surface area (Å²) in [6.45, 7) is 9.10. The van der Waals surface area contributed by atoms with Gasteiger partial charge in [0.2, 0.25) is 0 Å². The van der Waals surface area contributed by atoms with E-state index in [0.717, 1.165) is 42.4 Å². The third-order valence-electron chi connectivity index (χ3n) is 8.75.